The molecule has 0 radical (unpaired) electrons. The Balaban J connectivity index is 1.89. The fourth-order valence-corrected chi connectivity index (χ4v) is 3.38. The highest BCUT2D eigenvalue weighted by Crippen LogP contribution is 2.60. The van der Waals surface area contributed by atoms with E-state index in [1.165, 1.54) is 13.0 Å². The first kappa shape index (κ1) is 19.5. The third-order valence-electron chi connectivity index (χ3n) is 4.91. The number of esters is 1. The van der Waals surface area contributed by atoms with Crippen molar-refractivity contribution < 1.29 is 19.1 Å². The maximum Gasteiger partial charge on any atom is 0.322 e. The summed E-state index contributed by atoms with van der Waals surface area (Å²) in [5, 5.41) is 2.87. The van der Waals surface area contributed by atoms with Gasteiger partial charge in [-0.15, -0.1) is 0 Å². The number of nitrogens with one attached hydrogen (secondary N) is 1. The standard InChI is InChI=1S/C23H23NO4/c1-3-28-22(27)23(15-19(23)17-9-5-4-6-10-17)21(26)24-20-12-8-7-11-18(20)14-13-16(2)25/h4-14,19H,3,15H2,1-2H3,(H,24,26)/b14-13+. The van der Waals surface area contributed by atoms with Crippen LogP contribution < -0.4 is 5.32 Å². The lowest BCUT2D eigenvalue weighted by atomic mass is 9.97. The molecular weight excluding hydrogens is 354 g/mol. The minimum Gasteiger partial charge on any atom is -0.465 e. The number of allylic oxidation sites excluding steroid dienone is 1. The average molecular weight is 377 g/mol. The van der Waals surface area contributed by atoms with E-state index >= 15 is 0 Å². The molecule has 0 bridgehead atoms. The Morgan fingerprint density at radius 3 is 2.46 bits per heavy atom. The number of para-hydroxylation sites is 1. The number of hydrogen-bond acceptors (Lipinski definition) is 4. The lowest BCUT2D eigenvalue weighted by Crippen LogP contribution is -2.34. The summed E-state index contributed by atoms with van der Waals surface area (Å²) in [7, 11) is 0. The molecule has 2 unspecified atom stereocenters. The summed E-state index contributed by atoms with van der Waals surface area (Å²) in [6.07, 6.45) is 3.50. The van der Waals surface area contributed by atoms with Gasteiger partial charge in [0.15, 0.2) is 11.2 Å². The van der Waals surface area contributed by atoms with Crippen molar-refractivity contribution in [3.8, 4) is 0 Å². The van der Waals surface area contributed by atoms with Crippen molar-refractivity contribution in [2.24, 2.45) is 5.41 Å². The van der Waals surface area contributed by atoms with E-state index in [1.807, 2.05) is 36.4 Å². The smallest absolute Gasteiger partial charge is 0.322 e. The van der Waals surface area contributed by atoms with Crippen molar-refractivity contribution in [2.75, 3.05) is 11.9 Å². The van der Waals surface area contributed by atoms with Crippen LogP contribution >= 0.6 is 0 Å². The van der Waals surface area contributed by atoms with Crippen LogP contribution in [0.1, 0.15) is 37.3 Å². The SMILES string of the molecule is CCOC(=O)C1(C(=O)Nc2ccccc2/C=C/C(C)=O)CC1c1ccccc1. The number of amides is 1. The maximum atomic E-state index is 13.2. The predicted molar refractivity (Wildman–Crippen MR) is 108 cm³/mol. The van der Waals surface area contributed by atoms with E-state index in [-0.39, 0.29) is 24.2 Å². The summed E-state index contributed by atoms with van der Waals surface area (Å²) in [6, 6.07) is 16.7. The number of ether oxygens (including phenoxy) is 1. The Bertz CT molecular complexity index is 919. The molecule has 0 spiro atoms. The van der Waals surface area contributed by atoms with Crippen LogP contribution in [-0.2, 0) is 19.1 Å². The Hall–Kier alpha value is -3.21. The van der Waals surface area contributed by atoms with Gasteiger partial charge in [-0.05, 0) is 49.6 Å². The first-order valence-corrected chi connectivity index (χ1v) is 9.30. The first-order valence-electron chi connectivity index (χ1n) is 9.30. The molecule has 5 heteroatoms. The second-order valence-corrected chi connectivity index (χ2v) is 6.84. The van der Waals surface area contributed by atoms with Crippen molar-refractivity contribution in [1.82, 2.24) is 0 Å². The molecule has 28 heavy (non-hydrogen) atoms. The molecule has 0 saturated heterocycles. The second-order valence-electron chi connectivity index (χ2n) is 6.84. The zero-order chi connectivity index (χ0) is 20.1. The van der Waals surface area contributed by atoms with Gasteiger partial charge in [-0.2, -0.15) is 0 Å². The van der Waals surface area contributed by atoms with Gasteiger partial charge in [0.05, 0.1) is 6.61 Å². The van der Waals surface area contributed by atoms with E-state index in [9.17, 15) is 14.4 Å². The monoisotopic (exact) mass is 377 g/mol. The van der Waals surface area contributed by atoms with Crippen LogP contribution in [0.5, 0.6) is 0 Å². The number of rotatable bonds is 7. The normalized spacial score (nSPS) is 20.6. The van der Waals surface area contributed by atoms with Gasteiger partial charge in [0.1, 0.15) is 0 Å². The number of hydrogen-bond donors (Lipinski definition) is 1. The van der Waals surface area contributed by atoms with Crippen molar-refractivity contribution >= 4 is 29.4 Å². The molecule has 0 heterocycles. The highest BCUT2D eigenvalue weighted by molar-refractivity contribution is 6.13. The predicted octanol–water partition coefficient (Wildman–Crippen LogP) is 3.96. The average Bonchev–Trinajstić information content (AvgIpc) is 3.45. The molecule has 144 valence electrons. The number of carbonyl (C=O) groups excluding carboxylic acids is 3. The topological polar surface area (TPSA) is 72.5 Å². The molecule has 3 rings (SSSR count). The van der Waals surface area contributed by atoms with Crippen LogP contribution in [0.4, 0.5) is 5.69 Å². The fraction of sp³-hybridized carbons (Fsp3) is 0.261. The molecule has 2 aromatic rings. The third-order valence-corrected chi connectivity index (χ3v) is 4.91. The Morgan fingerprint density at radius 1 is 1.11 bits per heavy atom. The summed E-state index contributed by atoms with van der Waals surface area (Å²) in [5.41, 5.74) is 0.958. The molecule has 1 aliphatic rings. The van der Waals surface area contributed by atoms with E-state index in [0.29, 0.717) is 17.7 Å². The van der Waals surface area contributed by atoms with Crippen molar-refractivity contribution in [3.05, 3.63) is 71.8 Å². The molecular formula is C23H23NO4. The Kier molecular flexibility index (Phi) is 5.73. The van der Waals surface area contributed by atoms with Crippen molar-refractivity contribution in [3.63, 3.8) is 0 Å². The number of ketones is 1. The van der Waals surface area contributed by atoms with Gasteiger partial charge < -0.3 is 10.1 Å². The van der Waals surface area contributed by atoms with E-state index in [1.54, 1.807) is 31.2 Å². The Morgan fingerprint density at radius 2 is 1.79 bits per heavy atom. The van der Waals surface area contributed by atoms with E-state index < -0.39 is 11.4 Å². The molecule has 1 fully saturated rings. The first-order chi connectivity index (χ1) is 13.5. The number of benzene rings is 2. The quantitative estimate of drug-likeness (QED) is 0.450. The summed E-state index contributed by atoms with van der Waals surface area (Å²) in [4.78, 5) is 37.1. The molecule has 2 atom stereocenters. The van der Waals surface area contributed by atoms with Gasteiger partial charge in [-0.3, -0.25) is 14.4 Å². The molecule has 0 aliphatic heterocycles. The zero-order valence-corrected chi connectivity index (χ0v) is 16.0. The van der Waals surface area contributed by atoms with E-state index in [2.05, 4.69) is 5.32 Å². The van der Waals surface area contributed by atoms with Crippen LogP contribution in [0.25, 0.3) is 6.08 Å². The van der Waals surface area contributed by atoms with E-state index in [0.717, 1.165) is 5.56 Å². The molecule has 1 saturated carbocycles. The fourth-order valence-electron chi connectivity index (χ4n) is 3.38. The molecule has 5 nitrogen and oxygen atoms in total. The number of carbonyl (C=O) groups is 3. The molecule has 0 aromatic heterocycles. The molecule has 1 N–H and O–H groups in total. The van der Waals surface area contributed by atoms with Crippen molar-refractivity contribution in [1.29, 1.82) is 0 Å². The van der Waals surface area contributed by atoms with Crippen molar-refractivity contribution in [2.45, 2.75) is 26.2 Å². The minimum absolute atomic E-state index is 0.0875. The Labute approximate surface area is 164 Å². The highest BCUT2D eigenvalue weighted by atomic mass is 16.5. The van der Waals surface area contributed by atoms with Crippen LogP contribution in [0, 0.1) is 5.41 Å². The van der Waals surface area contributed by atoms with E-state index in [4.69, 9.17) is 4.74 Å². The molecule has 2 aromatic carbocycles. The van der Waals surface area contributed by atoms with Crippen LogP contribution in [0.15, 0.2) is 60.7 Å². The minimum atomic E-state index is -1.23. The summed E-state index contributed by atoms with van der Waals surface area (Å²) < 4.78 is 5.23. The van der Waals surface area contributed by atoms with Crippen LogP contribution in [-0.4, -0.2) is 24.3 Å². The molecule has 1 aliphatic carbocycles. The third kappa shape index (κ3) is 3.88. The summed E-state index contributed by atoms with van der Waals surface area (Å²) >= 11 is 0. The zero-order valence-electron chi connectivity index (χ0n) is 16.0. The van der Waals surface area contributed by atoms with Gasteiger partial charge in [0, 0.05) is 11.6 Å². The van der Waals surface area contributed by atoms with Gasteiger partial charge in [0.25, 0.3) is 0 Å². The van der Waals surface area contributed by atoms with Crippen LogP contribution in [0.3, 0.4) is 0 Å². The van der Waals surface area contributed by atoms with Gasteiger partial charge >= 0.3 is 5.97 Å². The van der Waals surface area contributed by atoms with Gasteiger partial charge in [0.2, 0.25) is 5.91 Å². The number of anilines is 1. The van der Waals surface area contributed by atoms with Gasteiger partial charge in [-0.25, -0.2) is 0 Å². The maximum absolute atomic E-state index is 13.2. The largest absolute Gasteiger partial charge is 0.465 e. The highest BCUT2D eigenvalue weighted by Gasteiger charge is 2.67. The summed E-state index contributed by atoms with van der Waals surface area (Å²) in [5.74, 6) is -1.19. The van der Waals surface area contributed by atoms with Crippen LogP contribution in [0.2, 0.25) is 0 Å². The van der Waals surface area contributed by atoms with Gasteiger partial charge in [-0.1, -0.05) is 48.5 Å². The lowest BCUT2D eigenvalue weighted by molar-refractivity contribution is -0.153. The lowest BCUT2D eigenvalue weighted by Gasteiger charge is -2.17. The summed E-state index contributed by atoms with van der Waals surface area (Å²) in [6.45, 7) is 3.40. The second kappa shape index (κ2) is 8.21. The molecule has 1 amide bonds.